The van der Waals surface area contributed by atoms with E-state index in [1.165, 1.54) is 5.56 Å². The Labute approximate surface area is 212 Å². The summed E-state index contributed by atoms with van der Waals surface area (Å²) in [6.07, 6.45) is 1.70. The van der Waals surface area contributed by atoms with Gasteiger partial charge in [0.05, 0.1) is 24.6 Å². The lowest BCUT2D eigenvalue weighted by Gasteiger charge is -2.30. The van der Waals surface area contributed by atoms with Crippen molar-refractivity contribution in [3.05, 3.63) is 65.5 Å². The normalized spacial score (nSPS) is 16.5. The highest BCUT2D eigenvalue weighted by Gasteiger charge is 2.27. The fraction of sp³-hybridized carbons (Fsp3) is 0.429. The van der Waals surface area contributed by atoms with Crippen molar-refractivity contribution in [1.29, 1.82) is 0 Å². The molecule has 1 unspecified atom stereocenters. The highest BCUT2D eigenvalue weighted by atomic mass is 16.5. The Morgan fingerprint density at radius 1 is 1.17 bits per heavy atom. The van der Waals surface area contributed by atoms with Gasteiger partial charge in [0.1, 0.15) is 0 Å². The zero-order valence-electron chi connectivity index (χ0n) is 21.4. The molecule has 8 heteroatoms. The second-order valence-electron chi connectivity index (χ2n) is 10.2. The van der Waals surface area contributed by atoms with Gasteiger partial charge in [0.2, 0.25) is 17.6 Å². The molecule has 2 heterocycles. The topological polar surface area (TPSA) is 97.6 Å². The van der Waals surface area contributed by atoms with Crippen molar-refractivity contribution in [2.45, 2.75) is 52.5 Å². The molecule has 1 aliphatic heterocycles. The Hall–Kier alpha value is -3.52. The number of carbonyl (C=O) groups excluding carboxylic acids is 2. The maximum Gasteiger partial charge on any atom is 0.338 e. The molecule has 0 saturated carbocycles. The highest BCUT2D eigenvalue weighted by Crippen LogP contribution is 2.26. The van der Waals surface area contributed by atoms with Crippen molar-refractivity contribution in [1.82, 2.24) is 15.0 Å². The fourth-order valence-electron chi connectivity index (χ4n) is 4.34. The Bertz CT molecular complexity index is 1200. The van der Waals surface area contributed by atoms with Crippen molar-refractivity contribution in [3.8, 4) is 11.4 Å². The third-order valence-electron chi connectivity index (χ3n) is 6.35. The molecule has 1 aromatic heterocycles. The minimum Gasteiger partial charge on any atom is -0.462 e. The maximum atomic E-state index is 13.0. The Balaban J connectivity index is 1.35. The summed E-state index contributed by atoms with van der Waals surface area (Å²) >= 11 is 0. The third-order valence-corrected chi connectivity index (χ3v) is 6.35. The van der Waals surface area contributed by atoms with E-state index in [9.17, 15) is 9.59 Å². The number of esters is 1. The second kappa shape index (κ2) is 11.0. The van der Waals surface area contributed by atoms with Crippen LogP contribution in [0.5, 0.6) is 0 Å². The molecule has 36 heavy (non-hydrogen) atoms. The van der Waals surface area contributed by atoms with E-state index in [0.29, 0.717) is 42.7 Å². The average molecular weight is 491 g/mol. The van der Waals surface area contributed by atoms with Gasteiger partial charge in [-0.1, -0.05) is 56.3 Å². The second-order valence-corrected chi connectivity index (χ2v) is 10.2. The van der Waals surface area contributed by atoms with Crippen molar-refractivity contribution >= 4 is 17.6 Å². The van der Waals surface area contributed by atoms with E-state index in [-0.39, 0.29) is 17.2 Å². The summed E-state index contributed by atoms with van der Waals surface area (Å²) in [4.78, 5) is 31.7. The summed E-state index contributed by atoms with van der Waals surface area (Å²) < 4.78 is 10.6. The van der Waals surface area contributed by atoms with Crippen molar-refractivity contribution < 1.29 is 18.8 Å². The lowest BCUT2D eigenvalue weighted by Crippen LogP contribution is -2.40. The molecule has 1 saturated heterocycles. The summed E-state index contributed by atoms with van der Waals surface area (Å²) in [5.41, 5.74) is 3.25. The molecule has 1 N–H and O–H groups in total. The molecule has 0 aliphatic carbocycles. The van der Waals surface area contributed by atoms with Crippen molar-refractivity contribution in [2.75, 3.05) is 25.0 Å². The molecule has 2 aromatic carbocycles. The van der Waals surface area contributed by atoms with E-state index in [1.54, 1.807) is 31.2 Å². The molecule has 190 valence electrons. The number of amides is 1. The van der Waals surface area contributed by atoms with Gasteiger partial charge in [-0.15, -0.1) is 0 Å². The van der Waals surface area contributed by atoms with Crippen molar-refractivity contribution in [2.24, 2.45) is 5.92 Å². The Morgan fingerprint density at radius 3 is 2.67 bits per heavy atom. The number of aromatic nitrogens is 2. The number of likely N-dealkylation sites (tertiary alicyclic amines) is 1. The predicted molar refractivity (Wildman–Crippen MR) is 137 cm³/mol. The van der Waals surface area contributed by atoms with Crippen LogP contribution in [0.2, 0.25) is 0 Å². The smallest absolute Gasteiger partial charge is 0.338 e. The molecule has 1 fully saturated rings. The molecule has 0 radical (unpaired) electrons. The number of rotatable bonds is 7. The van der Waals surface area contributed by atoms with Crippen LogP contribution in [0.3, 0.4) is 0 Å². The number of anilines is 1. The summed E-state index contributed by atoms with van der Waals surface area (Å²) in [7, 11) is 0. The lowest BCUT2D eigenvalue weighted by molar-refractivity contribution is -0.121. The third kappa shape index (κ3) is 6.37. The van der Waals surface area contributed by atoms with E-state index >= 15 is 0 Å². The largest absolute Gasteiger partial charge is 0.462 e. The zero-order valence-corrected chi connectivity index (χ0v) is 21.4. The first-order valence-electron chi connectivity index (χ1n) is 12.5. The van der Waals surface area contributed by atoms with Crippen LogP contribution in [0, 0.1) is 5.92 Å². The lowest BCUT2D eigenvalue weighted by atomic mass is 9.87. The van der Waals surface area contributed by atoms with E-state index in [1.807, 2.05) is 12.1 Å². The van der Waals surface area contributed by atoms with Crippen LogP contribution < -0.4 is 5.32 Å². The Kier molecular flexibility index (Phi) is 7.84. The van der Waals surface area contributed by atoms with Gasteiger partial charge < -0.3 is 14.6 Å². The first kappa shape index (κ1) is 25.6. The van der Waals surface area contributed by atoms with Crippen LogP contribution in [-0.4, -0.2) is 46.6 Å². The van der Waals surface area contributed by atoms with Gasteiger partial charge in [-0.25, -0.2) is 4.79 Å². The van der Waals surface area contributed by atoms with Crippen LogP contribution in [0.25, 0.3) is 11.4 Å². The standard InChI is InChI=1S/C28H34N4O4/c1-5-35-27(34)20-8-6-10-23(16-20)29-26(33)21-9-7-15-32(17-21)18-24-30-25(31-36-24)19-11-13-22(14-12-19)28(2,3)4/h6,8,10-14,16,21H,5,7,9,15,17-18H2,1-4H3,(H,29,33). The quantitative estimate of drug-likeness (QED) is 0.462. The number of hydrogen-bond acceptors (Lipinski definition) is 7. The molecular formula is C28H34N4O4. The van der Waals surface area contributed by atoms with Crippen LogP contribution >= 0.6 is 0 Å². The van der Waals surface area contributed by atoms with Crippen LogP contribution in [0.4, 0.5) is 5.69 Å². The molecular weight excluding hydrogens is 456 g/mol. The van der Waals surface area contributed by atoms with Crippen LogP contribution in [0.1, 0.15) is 62.3 Å². The summed E-state index contributed by atoms with van der Waals surface area (Å²) in [5, 5.41) is 7.11. The molecule has 8 nitrogen and oxygen atoms in total. The van der Waals surface area contributed by atoms with E-state index in [0.717, 1.165) is 24.9 Å². The van der Waals surface area contributed by atoms with E-state index in [2.05, 4.69) is 53.3 Å². The van der Waals surface area contributed by atoms with E-state index in [4.69, 9.17) is 9.26 Å². The minimum atomic E-state index is -0.401. The van der Waals surface area contributed by atoms with Gasteiger partial charge in [-0.2, -0.15) is 4.98 Å². The molecule has 1 atom stereocenters. The predicted octanol–water partition coefficient (Wildman–Crippen LogP) is 5.06. The van der Waals surface area contributed by atoms with Gasteiger partial charge in [-0.3, -0.25) is 9.69 Å². The molecule has 4 rings (SSSR count). The maximum absolute atomic E-state index is 13.0. The number of hydrogen-bond donors (Lipinski definition) is 1. The van der Waals surface area contributed by atoms with Gasteiger partial charge in [0, 0.05) is 17.8 Å². The number of nitrogens with one attached hydrogen (secondary N) is 1. The molecule has 3 aromatic rings. The summed E-state index contributed by atoms with van der Waals surface area (Å²) in [6, 6.07) is 15.1. The average Bonchev–Trinajstić information content (AvgIpc) is 3.32. The highest BCUT2D eigenvalue weighted by molar-refractivity contribution is 5.95. The number of carbonyl (C=O) groups is 2. The SMILES string of the molecule is CCOC(=O)c1cccc(NC(=O)C2CCCN(Cc3nc(-c4ccc(C(C)(C)C)cc4)no3)C2)c1. The van der Waals surface area contributed by atoms with Crippen LogP contribution in [0.15, 0.2) is 53.1 Å². The fourth-order valence-corrected chi connectivity index (χ4v) is 4.34. The van der Waals surface area contributed by atoms with Gasteiger partial charge in [0.25, 0.3) is 0 Å². The number of benzene rings is 2. The molecule has 0 spiro atoms. The van der Waals surface area contributed by atoms with E-state index < -0.39 is 5.97 Å². The molecule has 1 amide bonds. The Morgan fingerprint density at radius 2 is 1.94 bits per heavy atom. The number of piperidine rings is 1. The van der Waals surface area contributed by atoms with Gasteiger partial charge >= 0.3 is 5.97 Å². The van der Waals surface area contributed by atoms with Crippen LogP contribution in [-0.2, 0) is 21.5 Å². The van der Waals surface area contributed by atoms with Gasteiger partial charge in [-0.05, 0) is 55.5 Å². The molecule has 0 bridgehead atoms. The number of ether oxygens (including phenoxy) is 1. The first-order valence-corrected chi connectivity index (χ1v) is 12.5. The summed E-state index contributed by atoms with van der Waals surface area (Å²) in [6.45, 7) is 10.6. The monoisotopic (exact) mass is 490 g/mol. The number of nitrogens with zero attached hydrogens (tertiary/aromatic N) is 3. The molecule has 1 aliphatic rings. The first-order chi connectivity index (χ1) is 17.2. The zero-order chi connectivity index (χ0) is 25.7. The minimum absolute atomic E-state index is 0.0640. The van der Waals surface area contributed by atoms with Gasteiger partial charge in [0.15, 0.2) is 0 Å². The summed E-state index contributed by atoms with van der Waals surface area (Å²) in [5.74, 6) is 0.469. The van der Waals surface area contributed by atoms with Crippen molar-refractivity contribution in [3.63, 3.8) is 0 Å².